The van der Waals surface area contributed by atoms with E-state index in [0.717, 1.165) is 25.3 Å². The molecule has 0 atom stereocenters. The molecule has 1 N–H and O–H groups in total. The molecule has 0 unspecified atom stereocenters. The molecular formula is C15H11BrN2O2S. The quantitative estimate of drug-likeness (QED) is 0.711. The molecule has 4 nitrogen and oxygen atoms in total. The molecule has 0 aliphatic carbocycles. The van der Waals surface area contributed by atoms with Crippen LogP contribution < -0.4 is 10.3 Å². The number of benzene rings is 2. The summed E-state index contributed by atoms with van der Waals surface area (Å²) in [6.07, 6.45) is 0. The van der Waals surface area contributed by atoms with Crippen LogP contribution in [0.3, 0.4) is 0 Å². The van der Waals surface area contributed by atoms with Crippen molar-refractivity contribution in [1.82, 2.24) is 10.5 Å². The SMILES string of the molecule is CC(=O)NOc1ccc(Br)cc1-c1nc2ccccc2s1. The second kappa shape index (κ2) is 5.83. The minimum Gasteiger partial charge on any atom is -0.379 e. The number of hydroxylamine groups is 1. The molecule has 2 aromatic carbocycles. The molecule has 0 radical (unpaired) electrons. The van der Waals surface area contributed by atoms with Crippen LogP contribution in [0.4, 0.5) is 0 Å². The van der Waals surface area contributed by atoms with Gasteiger partial charge in [-0.1, -0.05) is 28.1 Å². The van der Waals surface area contributed by atoms with Crippen LogP contribution in [0.2, 0.25) is 0 Å². The van der Waals surface area contributed by atoms with E-state index in [1.807, 2.05) is 36.4 Å². The van der Waals surface area contributed by atoms with Crippen molar-refractivity contribution in [2.45, 2.75) is 6.92 Å². The molecular weight excluding hydrogens is 352 g/mol. The molecule has 0 saturated carbocycles. The number of carbonyl (C=O) groups is 1. The first kappa shape index (κ1) is 14.0. The van der Waals surface area contributed by atoms with Crippen LogP contribution in [0.1, 0.15) is 6.92 Å². The molecule has 106 valence electrons. The van der Waals surface area contributed by atoms with Gasteiger partial charge in [0.25, 0.3) is 0 Å². The predicted molar refractivity (Wildman–Crippen MR) is 87.2 cm³/mol. The maximum atomic E-state index is 11.0. The summed E-state index contributed by atoms with van der Waals surface area (Å²) in [7, 11) is 0. The summed E-state index contributed by atoms with van der Waals surface area (Å²) in [5, 5.41) is 0.845. The second-order valence-electron chi connectivity index (χ2n) is 4.39. The third-order valence-electron chi connectivity index (χ3n) is 2.77. The van der Waals surface area contributed by atoms with E-state index in [9.17, 15) is 4.79 Å². The zero-order valence-electron chi connectivity index (χ0n) is 11.1. The largest absolute Gasteiger partial charge is 0.379 e. The highest BCUT2D eigenvalue weighted by atomic mass is 79.9. The number of halogens is 1. The Kier molecular flexibility index (Phi) is 3.90. The molecule has 0 fully saturated rings. The number of amides is 1. The lowest BCUT2D eigenvalue weighted by atomic mass is 10.2. The van der Waals surface area contributed by atoms with Gasteiger partial charge in [0, 0.05) is 11.4 Å². The molecule has 3 rings (SSSR count). The summed E-state index contributed by atoms with van der Waals surface area (Å²) in [5.74, 6) is 0.306. The van der Waals surface area contributed by atoms with Gasteiger partial charge in [0.1, 0.15) is 5.01 Å². The van der Waals surface area contributed by atoms with Gasteiger partial charge in [-0.05, 0) is 30.3 Å². The normalized spacial score (nSPS) is 10.6. The summed E-state index contributed by atoms with van der Waals surface area (Å²) in [6, 6.07) is 13.5. The van der Waals surface area contributed by atoms with E-state index in [-0.39, 0.29) is 5.91 Å². The van der Waals surface area contributed by atoms with Gasteiger partial charge >= 0.3 is 0 Å². The number of fused-ring (bicyclic) bond motifs is 1. The van der Waals surface area contributed by atoms with Crippen LogP contribution in [0.5, 0.6) is 5.75 Å². The summed E-state index contributed by atoms with van der Waals surface area (Å²) in [4.78, 5) is 21.0. The minimum atomic E-state index is -0.256. The smallest absolute Gasteiger partial charge is 0.249 e. The van der Waals surface area contributed by atoms with E-state index in [4.69, 9.17) is 4.84 Å². The van der Waals surface area contributed by atoms with Crippen molar-refractivity contribution < 1.29 is 9.63 Å². The van der Waals surface area contributed by atoms with Crippen molar-refractivity contribution in [3.8, 4) is 16.3 Å². The average molecular weight is 363 g/mol. The molecule has 0 aliphatic rings. The van der Waals surface area contributed by atoms with Crippen LogP contribution in [0.25, 0.3) is 20.8 Å². The Labute approximate surface area is 133 Å². The minimum absolute atomic E-state index is 0.256. The third-order valence-corrected chi connectivity index (χ3v) is 4.33. The number of rotatable bonds is 3. The van der Waals surface area contributed by atoms with Gasteiger partial charge in [-0.2, -0.15) is 5.48 Å². The summed E-state index contributed by atoms with van der Waals surface area (Å²) >= 11 is 5.03. The standard InChI is InChI=1S/C15H11BrN2O2S/c1-9(19)18-20-13-7-6-10(16)8-11(13)15-17-12-4-2-3-5-14(12)21-15/h2-8H,1H3,(H,18,19). The van der Waals surface area contributed by atoms with Crippen LogP contribution in [-0.2, 0) is 4.79 Å². The van der Waals surface area contributed by atoms with Crippen LogP contribution in [0.15, 0.2) is 46.9 Å². The van der Waals surface area contributed by atoms with Crippen LogP contribution in [-0.4, -0.2) is 10.9 Å². The zero-order valence-corrected chi connectivity index (χ0v) is 13.5. The summed E-state index contributed by atoms with van der Waals surface area (Å²) in [6.45, 7) is 1.40. The van der Waals surface area contributed by atoms with E-state index in [1.165, 1.54) is 6.92 Å². The van der Waals surface area contributed by atoms with Crippen molar-refractivity contribution in [1.29, 1.82) is 0 Å². The van der Waals surface area contributed by atoms with Crippen LogP contribution in [0, 0.1) is 0 Å². The molecule has 21 heavy (non-hydrogen) atoms. The third kappa shape index (κ3) is 3.06. The number of thiazole rings is 1. The lowest BCUT2D eigenvalue weighted by molar-refractivity contribution is -0.125. The topological polar surface area (TPSA) is 51.2 Å². The van der Waals surface area contributed by atoms with Crippen molar-refractivity contribution in [2.75, 3.05) is 0 Å². The molecule has 0 spiro atoms. The van der Waals surface area contributed by atoms with E-state index < -0.39 is 0 Å². The van der Waals surface area contributed by atoms with Gasteiger partial charge in [0.05, 0.1) is 15.8 Å². The monoisotopic (exact) mass is 362 g/mol. The van der Waals surface area contributed by atoms with Gasteiger partial charge in [-0.15, -0.1) is 11.3 Å². The van der Waals surface area contributed by atoms with Gasteiger partial charge in [0.2, 0.25) is 5.91 Å². The number of hydrogen-bond acceptors (Lipinski definition) is 4. The number of hydrogen-bond donors (Lipinski definition) is 1. The van der Waals surface area contributed by atoms with Crippen molar-refractivity contribution in [2.24, 2.45) is 0 Å². The molecule has 1 heterocycles. The van der Waals surface area contributed by atoms with Crippen molar-refractivity contribution in [3.63, 3.8) is 0 Å². The van der Waals surface area contributed by atoms with Crippen molar-refractivity contribution >= 4 is 43.4 Å². The van der Waals surface area contributed by atoms with E-state index in [1.54, 1.807) is 17.4 Å². The van der Waals surface area contributed by atoms with Gasteiger partial charge in [-0.3, -0.25) is 4.79 Å². The zero-order chi connectivity index (χ0) is 14.8. The number of para-hydroxylation sites is 1. The molecule has 1 aromatic heterocycles. The Hall–Kier alpha value is -1.92. The van der Waals surface area contributed by atoms with E-state index in [2.05, 4.69) is 26.4 Å². The Morgan fingerprint density at radius 2 is 2.10 bits per heavy atom. The number of nitrogens with one attached hydrogen (secondary N) is 1. The molecule has 6 heteroatoms. The van der Waals surface area contributed by atoms with E-state index >= 15 is 0 Å². The van der Waals surface area contributed by atoms with Gasteiger partial charge in [0.15, 0.2) is 5.75 Å². The highest BCUT2D eigenvalue weighted by molar-refractivity contribution is 9.10. The molecule has 3 aromatic rings. The molecule has 1 amide bonds. The number of nitrogens with zero attached hydrogens (tertiary/aromatic N) is 1. The molecule has 0 saturated heterocycles. The number of carbonyl (C=O) groups excluding carboxylic acids is 1. The van der Waals surface area contributed by atoms with Gasteiger partial charge in [-0.25, -0.2) is 4.98 Å². The Morgan fingerprint density at radius 3 is 2.86 bits per heavy atom. The van der Waals surface area contributed by atoms with Crippen LogP contribution >= 0.6 is 27.3 Å². The summed E-state index contributed by atoms with van der Waals surface area (Å²) < 4.78 is 2.03. The molecule has 0 bridgehead atoms. The fraction of sp³-hybridized carbons (Fsp3) is 0.0667. The highest BCUT2D eigenvalue weighted by Gasteiger charge is 2.13. The Balaban J connectivity index is 2.06. The fourth-order valence-corrected chi connectivity index (χ4v) is 3.22. The predicted octanol–water partition coefficient (Wildman–Crippen LogP) is 4.16. The van der Waals surface area contributed by atoms with E-state index in [0.29, 0.717) is 5.75 Å². The molecule has 0 aliphatic heterocycles. The lowest BCUT2D eigenvalue weighted by Crippen LogP contribution is -2.23. The second-order valence-corrected chi connectivity index (χ2v) is 6.33. The van der Waals surface area contributed by atoms with Crippen molar-refractivity contribution in [3.05, 3.63) is 46.9 Å². The number of aromatic nitrogens is 1. The lowest BCUT2D eigenvalue weighted by Gasteiger charge is -2.09. The Bertz CT molecular complexity index is 783. The fourth-order valence-electron chi connectivity index (χ4n) is 1.87. The van der Waals surface area contributed by atoms with Gasteiger partial charge < -0.3 is 4.84 Å². The first-order valence-corrected chi connectivity index (χ1v) is 7.83. The Morgan fingerprint density at radius 1 is 1.29 bits per heavy atom. The maximum Gasteiger partial charge on any atom is 0.249 e. The highest BCUT2D eigenvalue weighted by Crippen LogP contribution is 2.37. The summed E-state index contributed by atoms with van der Waals surface area (Å²) in [5.41, 5.74) is 4.13. The maximum absolute atomic E-state index is 11.0. The first-order chi connectivity index (χ1) is 10.1. The average Bonchev–Trinajstić information content (AvgIpc) is 2.89. The first-order valence-electron chi connectivity index (χ1n) is 6.22.